The lowest BCUT2D eigenvalue weighted by atomic mass is 9.91. The fourth-order valence-electron chi connectivity index (χ4n) is 0.939. The molecule has 0 fully saturated rings. The van der Waals surface area contributed by atoms with Crippen LogP contribution in [0.15, 0.2) is 16.3 Å². The molecule has 1 aromatic rings. The molecule has 0 atom stereocenters. The van der Waals surface area contributed by atoms with Gasteiger partial charge in [-0.25, -0.2) is 13.1 Å². The highest BCUT2D eigenvalue weighted by Gasteiger charge is 2.24. The van der Waals surface area contributed by atoms with Crippen LogP contribution in [-0.2, 0) is 14.8 Å². The summed E-state index contributed by atoms with van der Waals surface area (Å²) in [6.07, 6.45) is 0. The van der Waals surface area contributed by atoms with Crippen LogP contribution in [0.4, 0.5) is 0 Å². The summed E-state index contributed by atoms with van der Waals surface area (Å²) < 4.78 is 26.3. The van der Waals surface area contributed by atoms with E-state index in [0.29, 0.717) is 4.34 Å². The normalized spacial score (nSPS) is 12.7. The number of nitrogens with one attached hydrogen (secondary N) is 1. The van der Waals surface area contributed by atoms with Gasteiger partial charge in [-0.15, -0.1) is 11.3 Å². The van der Waals surface area contributed by atoms with Crippen molar-refractivity contribution < 1.29 is 13.2 Å². The van der Waals surface area contributed by atoms with Crippen molar-refractivity contribution in [3.05, 3.63) is 16.5 Å². The molecule has 1 N–H and O–H groups in total. The quantitative estimate of drug-likeness (QED) is 0.927. The van der Waals surface area contributed by atoms with Crippen molar-refractivity contribution in [2.24, 2.45) is 5.41 Å². The van der Waals surface area contributed by atoms with Gasteiger partial charge in [0.15, 0.2) is 5.78 Å². The summed E-state index contributed by atoms with van der Waals surface area (Å²) in [4.78, 5) is 11.6. The molecule has 0 aliphatic rings. The van der Waals surface area contributed by atoms with Gasteiger partial charge in [0.05, 0.1) is 10.9 Å². The molecule has 0 saturated heterocycles. The Bertz CT molecular complexity index is 514. The van der Waals surface area contributed by atoms with Gasteiger partial charge in [-0.05, 0) is 12.1 Å². The lowest BCUT2D eigenvalue weighted by Gasteiger charge is -2.16. The zero-order chi connectivity index (χ0) is 13.3. The van der Waals surface area contributed by atoms with Gasteiger partial charge in [0.1, 0.15) is 4.21 Å². The van der Waals surface area contributed by atoms with E-state index in [-0.39, 0.29) is 16.5 Å². The van der Waals surface area contributed by atoms with Crippen LogP contribution in [0.1, 0.15) is 20.8 Å². The van der Waals surface area contributed by atoms with Crippen molar-refractivity contribution in [3.8, 4) is 0 Å². The number of carbonyl (C=O) groups excluding carboxylic acids is 1. The first kappa shape index (κ1) is 14.6. The molecule has 0 unspecified atom stereocenters. The predicted molar refractivity (Wildman–Crippen MR) is 69.0 cm³/mol. The van der Waals surface area contributed by atoms with E-state index >= 15 is 0 Å². The number of hydrogen-bond donors (Lipinski definition) is 1. The molecule has 0 spiro atoms. The van der Waals surface area contributed by atoms with E-state index in [1.54, 1.807) is 20.8 Å². The van der Waals surface area contributed by atoms with E-state index in [2.05, 4.69) is 4.72 Å². The second-order valence-corrected chi connectivity index (χ2v) is 8.27. The lowest BCUT2D eigenvalue weighted by Crippen LogP contribution is -2.35. The highest BCUT2D eigenvalue weighted by molar-refractivity contribution is 7.91. The third kappa shape index (κ3) is 4.06. The molecular formula is C10H14ClNO3S2. The monoisotopic (exact) mass is 295 g/mol. The Labute approximate surface area is 110 Å². The first-order chi connectivity index (χ1) is 7.63. The Morgan fingerprint density at radius 3 is 2.41 bits per heavy atom. The summed E-state index contributed by atoms with van der Waals surface area (Å²) in [7, 11) is -3.63. The molecule has 96 valence electrons. The van der Waals surface area contributed by atoms with Crippen molar-refractivity contribution in [2.45, 2.75) is 25.0 Å². The maximum absolute atomic E-state index is 11.8. The molecule has 0 aliphatic heterocycles. The van der Waals surface area contributed by atoms with Gasteiger partial charge in [0.25, 0.3) is 10.0 Å². The summed E-state index contributed by atoms with van der Waals surface area (Å²) in [5, 5.41) is 0. The zero-order valence-corrected chi connectivity index (χ0v) is 12.2. The Balaban J connectivity index is 2.73. The first-order valence-electron chi connectivity index (χ1n) is 4.91. The van der Waals surface area contributed by atoms with Crippen molar-refractivity contribution in [2.75, 3.05) is 6.54 Å². The van der Waals surface area contributed by atoms with Crippen molar-refractivity contribution >= 4 is 38.7 Å². The molecule has 0 bridgehead atoms. The van der Waals surface area contributed by atoms with Crippen LogP contribution in [0.25, 0.3) is 0 Å². The SMILES string of the molecule is CC(C)(C)C(=O)CNS(=O)(=O)c1ccc(Cl)s1. The molecule has 0 radical (unpaired) electrons. The minimum Gasteiger partial charge on any atom is -0.298 e. The average Bonchev–Trinajstić information content (AvgIpc) is 2.60. The van der Waals surface area contributed by atoms with Gasteiger partial charge in [0, 0.05) is 5.41 Å². The van der Waals surface area contributed by atoms with E-state index in [9.17, 15) is 13.2 Å². The molecule has 4 nitrogen and oxygen atoms in total. The van der Waals surface area contributed by atoms with Crippen molar-refractivity contribution in [1.82, 2.24) is 4.72 Å². The van der Waals surface area contributed by atoms with Crippen LogP contribution in [0.5, 0.6) is 0 Å². The van der Waals surface area contributed by atoms with Gasteiger partial charge in [-0.2, -0.15) is 0 Å². The Hall–Kier alpha value is -0.430. The van der Waals surface area contributed by atoms with Crippen LogP contribution < -0.4 is 4.72 Å². The molecule has 0 amide bonds. The second kappa shape index (κ2) is 5.06. The minimum atomic E-state index is -3.63. The zero-order valence-electron chi connectivity index (χ0n) is 9.78. The summed E-state index contributed by atoms with van der Waals surface area (Å²) in [5.41, 5.74) is -0.560. The Morgan fingerprint density at radius 1 is 1.41 bits per heavy atom. The van der Waals surface area contributed by atoms with Gasteiger partial charge >= 0.3 is 0 Å². The average molecular weight is 296 g/mol. The largest absolute Gasteiger partial charge is 0.298 e. The number of rotatable bonds is 4. The Morgan fingerprint density at radius 2 is 2.00 bits per heavy atom. The molecule has 1 rings (SSSR count). The van der Waals surface area contributed by atoms with Gasteiger partial charge in [0.2, 0.25) is 0 Å². The molecule has 7 heteroatoms. The molecule has 0 aliphatic carbocycles. The van der Waals surface area contributed by atoms with Gasteiger partial charge < -0.3 is 0 Å². The highest BCUT2D eigenvalue weighted by atomic mass is 35.5. The van der Waals surface area contributed by atoms with Crippen LogP contribution in [0.2, 0.25) is 4.34 Å². The summed E-state index contributed by atoms with van der Waals surface area (Å²) in [5.74, 6) is -0.163. The van der Waals surface area contributed by atoms with Gasteiger partial charge in [-0.1, -0.05) is 32.4 Å². The minimum absolute atomic E-state index is 0.115. The van der Waals surface area contributed by atoms with Crippen LogP contribution >= 0.6 is 22.9 Å². The third-order valence-electron chi connectivity index (χ3n) is 2.07. The second-order valence-electron chi connectivity index (χ2n) is 4.56. The Kier molecular flexibility index (Phi) is 4.35. The van der Waals surface area contributed by atoms with E-state index in [4.69, 9.17) is 11.6 Å². The molecule has 17 heavy (non-hydrogen) atoms. The van der Waals surface area contributed by atoms with E-state index in [0.717, 1.165) is 11.3 Å². The molecule has 0 saturated carbocycles. The number of ketones is 1. The fourth-order valence-corrected chi connectivity index (χ4v) is 3.45. The lowest BCUT2D eigenvalue weighted by molar-refractivity contribution is -0.125. The summed E-state index contributed by atoms with van der Waals surface area (Å²) in [6, 6.07) is 2.92. The number of carbonyl (C=O) groups is 1. The smallest absolute Gasteiger partial charge is 0.250 e. The number of sulfonamides is 1. The van der Waals surface area contributed by atoms with Gasteiger partial charge in [-0.3, -0.25) is 4.79 Å². The van der Waals surface area contributed by atoms with Crippen LogP contribution in [0.3, 0.4) is 0 Å². The number of halogens is 1. The number of hydrogen-bond acceptors (Lipinski definition) is 4. The third-order valence-corrected chi connectivity index (χ3v) is 5.20. The number of thiophene rings is 1. The maximum atomic E-state index is 11.8. The van der Waals surface area contributed by atoms with Crippen molar-refractivity contribution in [3.63, 3.8) is 0 Å². The molecular weight excluding hydrogens is 282 g/mol. The highest BCUT2D eigenvalue weighted by Crippen LogP contribution is 2.25. The molecule has 1 aromatic heterocycles. The van der Waals surface area contributed by atoms with E-state index < -0.39 is 15.4 Å². The van der Waals surface area contributed by atoms with Crippen LogP contribution in [0, 0.1) is 5.41 Å². The first-order valence-corrected chi connectivity index (χ1v) is 7.59. The van der Waals surface area contributed by atoms with E-state index in [1.165, 1.54) is 12.1 Å². The predicted octanol–water partition coefficient (Wildman–Crippen LogP) is 2.30. The molecule has 0 aromatic carbocycles. The fraction of sp³-hybridized carbons (Fsp3) is 0.500. The topological polar surface area (TPSA) is 63.2 Å². The standard InChI is InChI=1S/C10H14ClNO3S2/c1-10(2,3)7(13)6-12-17(14,15)9-5-4-8(11)16-9/h4-5,12H,6H2,1-3H3. The summed E-state index contributed by atoms with van der Waals surface area (Å²) >= 11 is 6.62. The van der Waals surface area contributed by atoms with Crippen molar-refractivity contribution in [1.29, 1.82) is 0 Å². The molecule has 1 heterocycles. The summed E-state index contributed by atoms with van der Waals surface area (Å²) in [6.45, 7) is 5.02. The number of Topliss-reactive ketones (excluding diaryl/α,β-unsaturated/α-hetero) is 1. The maximum Gasteiger partial charge on any atom is 0.250 e. The van der Waals surface area contributed by atoms with Crippen LogP contribution in [-0.4, -0.2) is 20.7 Å². The van der Waals surface area contributed by atoms with E-state index in [1.807, 2.05) is 0 Å².